The number of nitrogens with zero attached hydrogens (tertiary/aromatic N) is 3. The van der Waals surface area contributed by atoms with Crippen LogP contribution in [0.2, 0.25) is 0 Å². The fraction of sp³-hybridized carbons (Fsp3) is 0.238. The highest BCUT2D eigenvalue weighted by Gasteiger charge is 2.25. The van der Waals surface area contributed by atoms with Gasteiger partial charge in [0, 0.05) is 23.7 Å². The van der Waals surface area contributed by atoms with Gasteiger partial charge in [-0.25, -0.2) is 13.8 Å². The Labute approximate surface area is 160 Å². The molecule has 7 heteroatoms. The third-order valence-electron chi connectivity index (χ3n) is 5.31. The fourth-order valence-electron chi connectivity index (χ4n) is 3.50. The number of fused-ring (bicyclic) bond motifs is 1. The number of anilines is 2. The molecule has 2 aromatic heterocycles. The standard InChI is InChI=1S/C21H19F2N5/c1-12(13-4-6-15(22)7-5-13)28-11-24-19-8-16(23)18(9-20(19)28)25-21-10-17(26-27-21)14-2-3-14/h4-12,14H,2-3H2,1H3,(H2,25,26,27). The van der Waals surface area contributed by atoms with Gasteiger partial charge < -0.3 is 9.88 Å². The van der Waals surface area contributed by atoms with Crippen molar-refractivity contribution in [2.24, 2.45) is 0 Å². The SMILES string of the molecule is CC(c1ccc(F)cc1)n1cnc2cc(F)c(Nc3cc(C4CC4)[nH]n3)cc21. The van der Waals surface area contributed by atoms with Gasteiger partial charge in [0.2, 0.25) is 0 Å². The van der Waals surface area contributed by atoms with E-state index in [4.69, 9.17) is 0 Å². The van der Waals surface area contributed by atoms with Gasteiger partial charge in [0.05, 0.1) is 29.1 Å². The van der Waals surface area contributed by atoms with Gasteiger partial charge in [0.15, 0.2) is 5.82 Å². The maximum Gasteiger partial charge on any atom is 0.152 e. The molecule has 1 unspecified atom stereocenters. The summed E-state index contributed by atoms with van der Waals surface area (Å²) >= 11 is 0. The topological polar surface area (TPSA) is 58.5 Å². The van der Waals surface area contributed by atoms with E-state index in [2.05, 4.69) is 20.5 Å². The van der Waals surface area contributed by atoms with E-state index in [0.29, 0.717) is 22.9 Å². The van der Waals surface area contributed by atoms with Gasteiger partial charge in [0.1, 0.15) is 11.6 Å². The number of halogens is 2. The third kappa shape index (κ3) is 3.02. The average molecular weight is 379 g/mol. The summed E-state index contributed by atoms with van der Waals surface area (Å²) in [7, 11) is 0. The first-order chi connectivity index (χ1) is 13.6. The van der Waals surface area contributed by atoms with Gasteiger partial charge in [0.25, 0.3) is 0 Å². The minimum Gasteiger partial charge on any atom is -0.336 e. The average Bonchev–Trinajstić information content (AvgIpc) is 3.30. The van der Waals surface area contributed by atoms with E-state index in [0.717, 1.165) is 16.8 Å². The van der Waals surface area contributed by atoms with Crippen molar-refractivity contribution in [1.82, 2.24) is 19.7 Å². The van der Waals surface area contributed by atoms with Crippen molar-refractivity contribution in [3.05, 3.63) is 71.7 Å². The summed E-state index contributed by atoms with van der Waals surface area (Å²) in [6.07, 6.45) is 4.02. The molecule has 142 valence electrons. The van der Waals surface area contributed by atoms with Crippen LogP contribution in [-0.4, -0.2) is 19.7 Å². The minimum atomic E-state index is -0.386. The molecule has 1 aliphatic carbocycles. The monoisotopic (exact) mass is 379 g/mol. The zero-order valence-electron chi connectivity index (χ0n) is 15.3. The van der Waals surface area contributed by atoms with Crippen LogP contribution in [0, 0.1) is 11.6 Å². The van der Waals surface area contributed by atoms with Gasteiger partial charge in [-0.15, -0.1) is 0 Å². The highest BCUT2D eigenvalue weighted by molar-refractivity contribution is 5.81. The van der Waals surface area contributed by atoms with E-state index in [1.165, 1.54) is 31.0 Å². The Kier molecular flexibility index (Phi) is 3.89. The molecule has 1 atom stereocenters. The third-order valence-corrected chi connectivity index (χ3v) is 5.31. The number of nitrogens with one attached hydrogen (secondary N) is 2. The highest BCUT2D eigenvalue weighted by Crippen LogP contribution is 2.40. The summed E-state index contributed by atoms with van der Waals surface area (Å²) in [6, 6.07) is 11.4. The molecule has 2 N–H and O–H groups in total. The van der Waals surface area contributed by atoms with Crippen molar-refractivity contribution in [3.63, 3.8) is 0 Å². The summed E-state index contributed by atoms with van der Waals surface area (Å²) in [5, 5.41) is 10.3. The van der Waals surface area contributed by atoms with Crippen molar-refractivity contribution >= 4 is 22.5 Å². The predicted octanol–water partition coefficient (Wildman–Crippen LogP) is 5.27. The minimum absolute atomic E-state index is 0.0734. The maximum absolute atomic E-state index is 14.6. The molecule has 0 spiro atoms. The second-order valence-electron chi connectivity index (χ2n) is 7.31. The van der Waals surface area contributed by atoms with Crippen LogP contribution in [0.3, 0.4) is 0 Å². The number of H-pyrrole nitrogens is 1. The Balaban J connectivity index is 1.49. The Morgan fingerprint density at radius 1 is 1.14 bits per heavy atom. The van der Waals surface area contributed by atoms with Crippen LogP contribution in [0.5, 0.6) is 0 Å². The van der Waals surface area contributed by atoms with E-state index < -0.39 is 0 Å². The lowest BCUT2D eigenvalue weighted by Gasteiger charge is -2.15. The number of hydrogen-bond donors (Lipinski definition) is 2. The largest absolute Gasteiger partial charge is 0.336 e. The molecule has 28 heavy (non-hydrogen) atoms. The highest BCUT2D eigenvalue weighted by atomic mass is 19.1. The second kappa shape index (κ2) is 6.44. The van der Waals surface area contributed by atoms with E-state index >= 15 is 0 Å². The van der Waals surface area contributed by atoms with E-state index in [-0.39, 0.29) is 17.7 Å². The lowest BCUT2D eigenvalue weighted by atomic mass is 10.1. The van der Waals surface area contributed by atoms with E-state index in [9.17, 15) is 8.78 Å². The number of imidazole rings is 1. The molecule has 0 amide bonds. The number of hydrogen-bond acceptors (Lipinski definition) is 3. The second-order valence-corrected chi connectivity index (χ2v) is 7.31. The van der Waals surface area contributed by atoms with Crippen LogP contribution in [0.4, 0.5) is 20.3 Å². The first-order valence-electron chi connectivity index (χ1n) is 9.32. The van der Waals surface area contributed by atoms with Gasteiger partial charge in [-0.3, -0.25) is 5.10 Å². The van der Waals surface area contributed by atoms with Crippen molar-refractivity contribution in [2.75, 3.05) is 5.32 Å². The molecule has 2 heterocycles. The number of aromatic nitrogens is 4. The first kappa shape index (κ1) is 16.9. The molecule has 5 nitrogen and oxygen atoms in total. The lowest BCUT2D eigenvalue weighted by Crippen LogP contribution is -2.06. The van der Waals surface area contributed by atoms with Gasteiger partial charge in [-0.1, -0.05) is 12.1 Å². The van der Waals surface area contributed by atoms with Crippen molar-refractivity contribution in [3.8, 4) is 0 Å². The zero-order chi connectivity index (χ0) is 19.3. The maximum atomic E-state index is 14.6. The van der Waals surface area contributed by atoms with Crippen LogP contribution in [0.1, 0.15) is 43.0 Å². The van der Waals surface area contributed by atoms with Crippen molar-refractivity contribution in [1.29, 1.82) is 0 Å². The molecule has 1 fully saturated rings. The molecule has 4 aromatic rings. The summed E-state index contributed by atoms with van der Waals surface area (Å²) in [5.74, 6) is 0.485. The predicted molar refractivity (Wildman–Crippen MR) is 104 cm³/mol. The number of aromatic amines is 1. The number of rotatable bonds is 5. The summed E-state index contributed by atoms with van der Waals surface area (Å²) in [6.45, 7) is 2.00. The molecule has 0 saturated heterocycles. The number of benzene rings is 2. The molecular weight excluding hydrogens is 360 g/mol. The van der Waals surface area contributed by atoms with Crippen LogP contribution in [-0.2, 0) is 0 Å². The Hall–Kier alpha value is -3.22. The lowest BCUT2D eigenvalue weighted by molar-refractivity contribution is 0.619. The van der Waals surface area contributed by atoms with Crippen LogP contribution in [0.15, 0.2) is 48.8 Å². The van der Waals surface area contributed by atoms with Crippen LogP contribution >= 0.6 is 0 Å². The zero-order valence-corrected chi connectivity index (χ0v) is 15.3. The van der Waals surface area contributed by atoms with Gasteiger partial charge in [-0.05, 0) is 43.5 Å². The Bertz CT molecular complexity index is 1140. The van der Waals surface area contributed by atoms with E-state index in [1.807, 2.05) is 17.6 Å². The quantitative estimate of drug-likeness (QED) is 0.497. The molecule has 5 rings (SSSR count). The molecule has 0 radical (unpaired) electrons. The summed E-state index contributed by atoms with van der Waals surface area (Å²) in [4.78, 5) is 4.33. The molecular formula is C21H19F2N5. The molecule has 1 aliphatic rings. The Morgan fingerprint density at radius 3 is 2.68 bits per heavy atom. The van der Waals surface area contributed by atoms with E-state index in [1.54, 1.807) is 24.5 Å². The van der Waals surface area contributed by atoms with Crippen LogP contribution < -0.4 is 5.32 Å². The normalized spacial score (nSPS) is 15.1. The summed E-state index contributed by atoms with van der Waals surface area (Å²) in [5.41, 5.74) is 3.73. The van der Waals surface area contributed by atoms with Crippen molar-refractivity contribution in [2.45, 2.75) is 31.7 Å². The van der Waals surface area contributed by atoms with Gasteiger partial charge >= 0.3 is 0 Å². The smallest absolute Gasteiger partial charge is 0.152 e. The first-order valence-corrected chi connectivity index (χ1v) is 9.32. The Morgan fingerprint density at radius 2 is 1.93 bits per heavy atom. The summed E-state index contributed by atoms with van der Waals surface area (Å²) < 4.78 is 29.7. The molecule has 0 aliphatic heterocycles. The molecule has 0 bridgehead atoms. The molecule has 2 aromatic carbocycles. The van der Waals surface area contributed by atoms with Crippen LogP contribution in [0.25, 0.3) is 11.0 Å². The molecule has 1 saturated carbocycles. The van der Waals surface area contributed by atoms with Crippen molar-refractivity contribution < 1.29 is 8.78 Å². The van der Waals surface area contributed by atoms with Gasteiger partial charge in [-0.2, -0.15) is 5.10 Å². The fourth-order valence-corrected chi connectivity index (χ4v) is 3.50.